The molecular formula is C24H17BrN4S. The Morgan fingerprint density at radius 1 is 0.700 bits per heavy atom. The first-order valence-corrected chi connectivity index (χ1v) is 11.1. The van der Waals surface area contributed by atoms with Crippen LogP contribution in [0, 0.1) is 0 Å². The second-order valence-electron chi connectivity index (χ2n) is 6.75. The highest BCUT2D eigenvalue weighted by Gasteiger charge is 2.13. The van der Waals surface area contributed by atoms with Crippen LogP contribution in [0.2, 0.25) is 0 Å². The molecule has 6 heteroatoms. The lowest BCUT2D eigenvalue weighted by molar-refractivity contribution is 1.23. The molecule has 0 spiro atoms. The molecule has 0 bridgehead atoms. The number of rotatable bonds is 5. The quantitative estimate of drug-likeness (QED) is 0.276. The fraction of sp³-hybridized carbons (Fsp3) is 0. The van der Waals surface area contributed by atoms with E-state index in [1.54, 1.807) is 17.7 Å². The molecule has 0 aliphatic carbocycles. The summed E-state index contributed by atoms with van der Waals surface area (Å²) in [4.78, 5) is 9.95. The van der Waals surface area contributed by atoms with Crippen LogP contribution in [0.1, 0.15) is 0 Å². The van der Waals surface area contributed by atoms with Crippen molar-refractivity contribution >= 4 is 60.4 Å². The summed E-state index contributed by atoms with van der Waals surface area (Å²) in [7, 11) is 0. The van der Waals surface area contributed by atoms with E-state index < -0.39 is 0 Å². The Balaban J connectivity index is 1.44. The van der Waals surface area contributed by atoms with Crippen molar-refractivity contribution in [2.24, 2.45) is 0 Å². The maximum atomic E-state index is 4.53. The van der Waals surface area contributed by atoms with Gasteiger partial charge in [0.25, 0.3) is 0 Å². The van der Waals surface area contributed by atoms with Gasteiger partial charge in [0.1, 0.15) is 17.0 Å². The van der Waals surface area contributed by atoms with Crippen molar-refractivity contribution < 1.29 is 0 Å². The van der Waals surface area contributed by atoms with E-state index in [1.165, 1.54) is 0 Å². The summed E-state index contributed by atoms with van der Waals surface area (Å²) in [6.45, 7) is 0. The molecule has 4 nitrogen and oxygen atoms in total. The van der Waals surface area contributed by atoms with Gasteiger partial charge < -0.3 is 10.6 Å². The molecule has 0 aliphatic heterocycles. The number of aromatic nitrogens is 2. The maximum Gasteiger partial charge on any atom is 0.143 e. The van der Waals surface area contributed by atoms with E-state index >= 15 is 0 Å². The number of nitrogens with one attached hydrogen (secondary N) is 2. The summed E-state index contributed by atoms with van der Waals surface area (Å²) in [5.74, 6) is 0.808. The van der Waals surface area contributed by atoms with Gasteiger partial charge in [-0.3, -0.25) is 0 Å². The standard InChI is InChI=1S/C24H17BrN4S/c25-17-8-6-16(7-9-17)21-14-30-24-22(21)23(26-15-27-24)29-20-12-10-19(11-13-20)28-18-4-2-1-3-5-18/h1-15,28H,(H,26,27,29). The van der Waals surface area contributed by atoms with Crippen LogP contribution in [0.5, 0.6) is 0 Å². The Labute approximate surface area is 186 Å². The first-order chi connectivity index (χ1) is 14.8. The van der Waals surface area contributed by atoms with Crippen molar-refractivity contribution in [1.82, 2.24) is 9.97 Å². The molecule has 0 saturated carbocycles. The average Bonchev–Trinajstić information content (AvgIpc) is 3.22. The summed E-state index contributed by atoms with van der Waals surface area (Å²) in [6.07, 6.45) is 1.61. The molecular weight excluding hydrogens is 456 g/mol. The molecule has 5 aromatic rings. The molecule has 0 radical (unpaired) electrons. The lowest BCUT2D eigenvalue weighted by Crippen LogP contribution is -1.96. The first kappa shape index (κ1) is 18.8. The van der Waals surface area contributed by atoms with Crippen LogP contribution in [0.15, 0.2) is 95.0 Å². The molecule has 0 unspecified atom stereocenters. The predicted molar refractivity (Wildman–Crippen MR) is 130 cm³/mol. The van der Waals surface area contributed by atoms with Crippen LogP contribution in [0.25, 0.3) is 21.3 Å². The van der Waals surface area contributed by atoms with E-state index in [2.05, 4.69) is 66.2 Å². The van der Waals surface area contributed by atoms with Crippen molar-refractivity contribution in [3.8, 4) is 11.1 Å². The Morgan fingerprint density at radius 3 is 2.10 bits per heavy atom. The van der Waals surface area contributed by atoms with Crippen molar-refractivity contribution in [2.75, 3.05) is 10.6 Å². The fourth-order valence-corrected chi connectivity index (χ4v) is 4.45. The minimum Gasteiger partial charge on any atom is -0.356 e. The monoisotopic (exact) mass is 472 g/mol. The number of hydrogen-bond acceptors (Lipinski definition) is 5. The highest BCUT2D eigenvalue weighted by molar-refractivity contribution is 9.10. The van der Waals surface area contributed by atoms with Crippen molar-refractivity contribution in [1.29, 1.82) is 0 Å². The maximum absolute atomic E-state index is 4.53. The van der Waals surface area contributed by atoms with Crippen LogP contribution in [-0.4, -0.2) is 9.97 Å². The highest BCUT2D eigenvalue weighted by atomic mass is 79.9. The van der Waals surface area contributed by atoms with Gasteiger partial charge in [0.05, 0.1) is 5.39 Å². The second-order valence-corrected chi connectivity index (χ2v) is 8.53. The number of benzene rings is 3. The van der Waals surface area contributed by atoms with Crippen LogP contribution in [0.3, 0.4) is 0 Å². The summed E-state index contributed by atoms with van der Waals surface area (Å²) >= 11 is 5.13. The van der Waals surface area contributed by atoms with Gasteiger partial charge in [0.15, 0.2) is 0 Å². The van der Waals surface area contributed by atoms with Crippen LogP contribution in [0.4, 0.5) is 22.9 Å². The molecule has 2 N–H and O–H groups in total. The van der Waals surface area contributed by atoms with Crippen LogP contribution in [-0.2, 0) is 0 Å². The third-order valence-corrected chi connectivity index (χ3v) is 6.15. The number of anilines is 4. The van der Waals surface area contributed by atoms with Gasteiger partial charge in [-0.15, -0.1) is 11.3 Å². The van der Waals surface area contributed by atoms with E-state index in [1.807, 2.05) is 54.6 Å². The lowest BCUT2D eigenvalue weighted by atomic mass is 10.1. The van der Waals surface area contributed by atoms with E-state index in [4.69, 9.17) is 0 Å². The number of nitrogens with zero attached hydrogens (tertiary/aromatic N) is 2. The van der Waals surface area contributed by atoms with Gasteiger partial charge in [-0.2, -0.15) is 0 Å². The minimum absolute atomic E-state index is 0.808. The van der Waals surface area contributed by atoms with Crippen LogP contribution < -0.4 is 10.6 Å². The fourth-order valence-electron chi connectivity index (χ4n) is 3.27. The molecule has 0 atom stereocenters. The Morgan fingerprint density at radius 2 is 1.37 bits per heavy atom. The smallest absolute Gasteiger partial charge is 0.143 e. The number of hydrogen-bond donors (Lipinski definition) is 2. The zero-order valence-electron chi connectivity index (χ0n) is 15.8. The van der Waals surface area contributed by atoms with Gasteiger partial charge in [0.2, 0.25) is 0 Å². The van der Waals surface area contributed by atoms with E-state index in [9.17, 15) is 0 Å². The molecule has 0 saturated heterocycles. The zero-order valence-corrected chi connectivity index (χ0v) is 18.2. The summed E-state index contributed by atoms with van der Waals surface area (Å²) < 4.78 is 1.06. The van der Waals surface area contributed by atoms with E-state index in [-0.39, 0.29) is 0 Å². The Kier molecular flexibility index (Phi) is 5.17. The first-order valence-electron chi connectivity index (χ1n) is 9.43. The summed E-state index contributed by atoms with van der Waals surface area (Å²) in [5, 5.41) is 10.0. The van der Waals surface area contributed by atoms with Gasteiger partial charge in [0, 0.05) is 32.5 Å². The lowest BCUT2D eigenvalue weighted by Gasteiger charge is -2.10. The molecule has 0 fully saturated rings. The number of fused-ring (bicyclic) bond motifs is 1. The van der Waals surface area contributed by atoms with Crippen molar-refractivity contribution in [3.05, 3.63) is 95.0 Å². The zero-order chi connectivity index (χ0) is 20.3. The van der Waals surface area contributed by atoms with Crippen molar-refractivity contribution in [2.45, 2.75) is 0 Å². The van der Waals surface area contributed by atoms with Gasteiger partial charge in [-0.25, -0.2) is 9.97 Å². The van der Waals surface area contributed by atoms with Gasteiger partial charge >= 0.3 is 0 Å². The molecule has 0 amide bonds. The van der Waals surface area contributed by atoms with E-state index in [0.717, 1.165) is 48.7 Å². The average molecular weight is 473 g/mol. The third-order valence-electron chi connectivity index (χ3n) is 4.74. The molecule has 2 heterocycles. The van der Waals surface area contributed by atoms with Gasteiger partial charge in [-0.1, -0.05) is 46.3 Å². The normalized spacial score (nSPS) is 10.8. The molecule has 3 aromatic carbocycles. The molecule has 2 aromatic heterocycles. The van der Waals surface area contributed by atoms with E-state index in [0.29, 0.717) is 0 Å². The van der Waals surface area contributed by atoms with Crippen molar-refractivity contribution in [3.63, 3.8) is 0 Å². The topological polar surface area (TPSA) is 49.8 Å². The van der Waals surface area contributed by atoms with Crippen LogP contribution >= 0.6 is 27.3 Å². The minimum atomic E-state index is 0.808. The molecule has 5 rings (SSSR count). The summed E-state index contributed by atoms with van der Waals surface area (Å²) in [5.41, 5.74) is 5.35. The predicted octanol–water partition coefficient (Wildman–Crippen LogP) is 7.61. The number of thiophene rings is 1. The SMILES string of the molecule is Brc1ccc(-c2csc3ncnc(Nc4ccc(Nc5ccccc5)cc4)c23)cc1. The second kappa shape index (κ2) is 8.26. The summed E-state index contributed by atoms with van der Waals surface area (Å²) in [6, 6.07) is 26.6. The van der Waals surface area contributed by atoms with Gasteiger partial charge in [-0.05, 0) is 54.1 Å². The Bertz CT molecular complexity index is 1280. The highest BCUT2D eigenvalue weighted by Crippen LogP contribution is 2.37. The molecule has 146 valence electrons. The Hall–Kier alpha value is -3.22. The third kappa shape index (κ3) is 3.92. The molecule has 30 heavy (non-hydrogen) atoms. The molecule has 0 aliphatic rings. The largest absolute Gasteiger partial charge is 0.356 e. The number of para-hydroxylation sites is 1. The number of halogens is 1.